The fraction of sp³-hybridized carbons (Fsp3) is 0.143. The number of hydrogen-bond donors (Lipinski definition) is 0. The maximum absolute atomic E-state index is 13.4. The summed E-state index contributed by atoms with van der Waals surface area (Å²) in [6, 6.07) is 5.10. The van der Waals surface area contributed by atoms with Crippen LogP contribution in [0.5, 0.6) is 0 Å². The summed E-state index contributed by atoms with van der Waals surface area (Å²) in [7, 11) is 0. The number of fused-ring (bicyclic) bond motifs is 3. The Hall–Kier alpha value is -0.740. The van der Waals surface area contributed by atoms with Gasteiger partial charge < -0.3 is 0 Å². The largest absolute Gasteiger partial charge is 0.418 e. The second kappa shape index (κ2) is 5.38. The highest BCUT2D eigenvalue weighted by molar-refractivity contribution is 14.1. The third-order valence-electron chi connectivity index (χ3n) is 3.25. The molecule has 0 aliphatic carbocycles. The number of benzene rings is 2. The van der Waals surface area contributed by atoms with E-state index in [1.54, 1.807) is 0 Å². The molecule has 2 aromatic carbocycles. The lowest BCUT2D eigenvalue weighted by Gasteiger charge is -2.16. The molecule has 0 amide bonds. The summed E-state index contributed by atoms with van der Waals surface area (Å²) in [5.74, 6) is 0. The first-order chi connectivity index (χ1) is 10.5. The van der Waals surface area contributed by atoms with Gasteiger partial charge in [0.2, 0.25) is 0 Å². The summed E-state index contributed by atoms with van der Waals surface area (Å²) < 4.78 is 78.8. The standard InChI is InChI=1S/C14H4ClF6IS/c15-5-1-2-6-7-4-8(13(16,17)18)11(22)10(14(19,20)21)12(7)23-9(6)3-5/h1-4H. The van der Waals surface area contributed by atoms with E-state index < -0.39 is 27.0 Å². The van der Waals surface area contributed by atoms with Gasteiger partial charge in [0.15, 0.2) is 0 Å². The number of hydrogen-bond acceptors (Lipinski definition) is 1. The van der Waals surface area contributed by atoms with Crippen LogP contribution in [0.4, 0.5) is 26.3 Å². The van der Waals surface area contributed by atoms with E-state index in [4.69, 9.17) is 11.6 Å². The van der Waals surface area contributed by atoms with Crippen molar-refractivity contribution < 1.29 is 26.3 Å². The third-order valence-corrected chi connectivity index (χ3v) is 5.79. The fourth-order valence-corrected chi connectivity index (χ4v) is 5.07. The minimum Gasteiger partial charge on any atom is -0.166 e. The summed E-state index contributed by atoms with van der Waals surface area (Å²) in [6.07, 6.45) is -9.76. The van der Waals surface area contributed by atoms with Gasteiger partial charge in [-0.15, -0.1) is 11.3 Å². The van der Waals surface area contributed by atoms with Gasteiger partial charge in [-0.05, 0) is 40.8 Å². The fourth-order valence-electron chi connectivity index (χ4n) is 2.32. The highest BCUT2D eigenvalue weighted by atomic mass is 127. The van der Waals surface area contributed by atoms with Gasteiger partial charge in [-0.25, -0.2) is 0 Å². The van der Waals surface area contributed by atoms with Gasteiger partial charge in [-0.2, -0.15) is 26.3 Å². The Morgan fingerprint density at radius 2 is 1.57 bits per heavy atom. The van der Waals surface area contributed by atoms with Crippen molar-refractivity contribution in [3.8, 4) is 0 Å². The molecule has 3 rings (SSSR count). The van der Waals surface area contributed by atoms with Gasteiger partial charge in [0.1, 0.15) is 0 Å². The number of alkyl halides is 6. The quantitative estimate of drug-likeness (QED) is 0.233. The van der Waals surface area contributed by atoms with Gasteiger partial charge in [-0.3, -0.25) is 0 Å². The molecule has 0 saturated carbocycles. The predicted molar refractivity (Wildman–Crippen MR) is 87.1 cm³/mol. The number of thiophene rings is 1. The SMILES string of the molecule is FC(F)(F)c1cc2c(sc3cc(Cl)ccc32)c(C(F)(F)F)c1I. The zero-order chi connectivity index (χ0) is 17.2. The molecular weight excluding hydrogens is 477 g/mol. The molecule has 0 atom stereocenters. The van der Waals surface area contributed by atoms with Crippen LogP contribution in [0.15, 0.2) is 24.3 Å². The van der Waals surface area contributed by atoms with Crippen LogP contribution in [0.1, 0.15) is 11.1 Å². The van der Waals surface area contributed by atoms with E-state index in [1.807, 2.05) is 0 Å². The van der Waals surface area contributed by atoms with Crippen molar-refractivity contribution in [3.63, 3.8) is 0 Å². The molecule has 0 unspecified atom stereocenters. The summed E-state index contributed by atoms with van der Waals surface area (Å²) in [6.45, 7) is 0. The van der Waals surface area contributed by atoms with Crippen LogP contribution in [0, 0.1) is 3.57 Å². The lowest BCUT2D eigenvalue weighted by Crippen LogP contribution is -2.14. The van der Waals surface area contributed by atoms with E-state index in [9.17, 15) is 26.3 Å². The van der Waals surface area contributed by atoms with E-state index in [0.717, 1.165) is 40.0 Å². The molecular formula is C14H4ClF6IS. The molecule has 3 aromatic rings. The molecule has 9 heteroatoms. The summed E-state index contributed by atoms with van der Waals surface area (Å²) in [4.78, 5) is 0. The second-order valence-electron chi connectivity index (χ2n) is 4.73. The number of halogens is 8. The number of rotatable bonds is 0. The van der Waals surface area contributed by atoms with Gasteiger partial charge in [0.05, 0.1) is 11.1 Å². The van der Waals surface area contributed by atoms with Gasteiger partial charge in [-0.1, -0.05) is 17.7 Å². The van der Waals surface area contributed by atoms with E-state index in [-0.39, 0.29) is 10.1 Å². The molecule has 0 saturated heterocycles. The lowest BCUT2D eigenvalue weighted by atomic mass is 10.0. The van der Waals surface area contributed by atoms with Crippen molar-refractivity contribution in [1.29, 1.82) is 0 Å². The van der Waals surface area contributed by atoms with Crippen LogP contribution in [0.2, 0.25) is 5.02 Å². The molecule has 0 spiro atoms. The van der Waals surface area contributed by atoms with E-state index >= 15 is 0 Å². The second-order valence-corrected chi connectivity index (χ2v) is 7.30. The molecule has 0 aliphatic heterocycles. The first kappa shape index (κ1) is 17.1. The predicted octanol–water partition coefficient (Wildman–Crippen LogP) is 7.35. The molecule has 0 nitrogen and oxygen atoms in total. The third kappa shape index (κ3) is 2.89. The Bertz CT molecular complexity index is 925. The highest BCUT2D eigenvalue weighted by Gasteiger charge is 2.42. The van der Waals surface area contributed by atoms with E-state index in [0.29, 0.717) is 15.1 Å². The maximum atomic E-state index is 13.4. The van der Waals surface area contributed by atoms with Crippen LogP contribution in [-0.4, -0.2) is 0 Å². The average Bonchev–Trinajstić information content (AvgIpc) is 2.71. The Labute approximate surface area is 148 Å². The van der Waals surface area contributed by atoms with Gasteiger partial charge in [0.25, 0.3) is 0 Å². The molecule has 0 fully saturated rings. The van der Waals surface area contributed by atoms with Crippen molar-refractivity contribution in [2.24, 2.45) is 0 Å². The van der Waals surface area contributed by atoms with Crippen LogP contribution < -0.4 is 0 Å². The summed E-state index contributed by atoms with van der Waals surface area (Å²) in [5, 5.41) is 0.562. The van der Waals surface area contributed by atoms with Crippen LogP contribution in [0.25, 0.3) is 20.2 Å². The smallest absolute Gasteiger partial charge is 0.166 e. The molecule has 122 valence electrons. The summed E-state index contributed by atoms with van der Waals surface area (Å²) in [5.41, 5.74) is -2.53. The minimum atomic E-state index is -4.89. The van der Waals surface area contributed by atoms with Crippen molar-refractivity contribution in [3.05, 3.63) is 44.0 Å². The first-order valence-electron chi connectivity index (χ1n) is 5.99. The molecule has 0 bridgehead atoms. The normalized spacial score (nSPS) is 13.2. The minimum absolute atomic E-state index is 0.0678. The molecule has 1 aromatic heterocycles. The molecule has 0 radical (unpaired) electrons. The highest BCUT2D eigenvalue weighted by Crippen LogP contribution is 2.48. The van der Waals surface area contributed by atoms with Crippen LogP contribution in [0.3, 0.4) is 0 Å². The molecule has 0 N–H and O–H groups in total. The monoisotopic (exact) mass is 480 g/mol. The molecule has 23 heavy (non-hydrogen) atoms. The molecule has 0 aliphatic rings. The zero-order valence-corrected chi connectivity index (χ0v) is 14.5. The van der Waals surface area contributed by atoms with Crippen molar-refractivity contribution in [2.45, 2.75) is 12.4 Å². The zero-order valence-electron chi connectivity index (χ0n) is 10.7. The van der Waals surface area contributed by atoms with Crippen molar-refractivity contribution in [2.75, 3.05) is 0 Å². The Morgan fingerprint density at radius 3 is 2.13 bits per heavy atom. The topological polar surface area (TPSA) is 0 Å². The first-order valence-corrected chi connectivity index (χ1v) is 8.26. The van der Waals surface area contributed by atoms with Crippen LogP contribution in [-0.2, 0) is 12.4 Å². The van der Waals surface area contributed by atoms with Crippen molar-refractivity contribution in [1.82, 2.24) is 0 Å². The average molecular weight is 481 g/mol. The van der Waals surface area contributed by atoms with Crippen LogP contribution >= 0.6 is 45.5 Å². The Balaban J connectivity index is 2.55. The Morgan fingerprint density at radius 1 is 0.913 bits per heavy atom. The lowest BCUT2D eigenvalue weighted by molar-refractivity contribution is -0.143. The molecule has 1 heterocycles. The maximum Gasteiger partial charge on any atom is 0.418 e. The summed E-state index contributed by atoms with van der Waals surface area (Å²) >= 11 is 7.71. The Kier molecular flexibility index (Phi) is 4.00. The van der Waals surface area contributed by atoms with E-state index in [2.05, 4.69) is 0 Å². The van der Waals surface area contributed by atoms with E-state index in [1.165, 1.54) is 18.2 Å². The van der Waals surface area contributed by atoms with Gasteiger partial charge in [0, 0.05) is 28.8 Å². The van der Waals surface area contributed by atoms with Crippen molar-refractivity contribution >= 4 is 65.7 Å². The van der Waals surface area contributed by atoms with Gasteiger partial charge >= 0.3 is 12.4 Å².